The molecule has 0 aliphatic carbocycles. The predicted molar refractivity (Wildman–Crippen MR) is 107 cm³/mol. The molecule has 1 atom stereocenters. The van der Waals surface area contributed by atoms with Crippen molar-refractivity contribution in [1.29, 1.82) is 0 Å². The summed E-state index contributed by atoms with van der Waals surface area (Å²) in [4.78, 5) is 19.3. The summed E-state index contributed by atoms with van der Waals surface area (Å²) in [7, 11) is 1.78. The summed E-state index contributed by atoms with van der Waals surface area (Å²) in [5.41, 5.74) is 1.80. The molecule has 1 aromatic carbocycles. The fourth-order valence-electron chi connectivity index (χ4n) is 2.99. The third-order valence-electron chi connectivity index (χ3n) is 4.43. The van der Waals surface area contributed by atoms with E-state index in [1.54, 1.807) is 23.3 Å². The molecule has 1 aromatic heterocycles. The van der Waals surface area contributed by atoms with Crippen molar-refractivity contribution in [3.63, 3.8) is 0 Å². The molecule has 0 radical (unpaired) electrons. The number of nitrogens with zero attached hydrogens (tertiary/aromatic N) is 2. The van der Waals surface area contributed by atoms with E-state index in [1.165, 1.54) is 6.42 Å². The van der Waals surface area contributed by atoms with Crippen LogP contribution in [0.4, 0.5) is 10.5 Å². The van der Waals surface area contributed by atoms with Crippen molar-refractivity contribution >= 4 is 23.1 Å². The maximum absolute atomic E-state index is 12.4. The largest absolute Gasteiger partial charge is 0.376 e. The molecule has 2 heterocycles. The standard InChI is InChI=1S/C20H27N3O3S/c1-15-21-11-19(27-15)12-23(2)20(24)22-17-7-5-6-16(10-17)13-25-14-18-8-3-4-9-26-18/h5-7,10-11,18H,3-4,8-9,12-14H2,1-2H3,(H,22,24)/t18-/m1/s1. The smallest absolute Gasteiger partial charge is 0.321 e. The fourth-order valence-corrected chi connectivity index (χ4v) is 3.84. The minimum absolute atomic E-state index is 0.144. The van der Waals surface area contributed by atoms with Crippen LogP contribution in [0.5, 0.6) is 0 Å². The number of hydrogen-bond donors (Lipinski definition) is 1. The van der Waals surface area contributed by atoms with Crippen LogP contribution in [0.3, 0.4) is 0 Å². The molecular formula is C20H27N3O3S. The van der Waals surface area contributed by atoms with Gasteiger partial charge in [-0.2, -0.15) is 0 Å². The highest BCUT2D eigenvalue weighted by molar-refractivity contribution is 7.11. The normalized spacial score (nSPS) is 16.9. The number of benzene rings is 1. The zero-order valence-corrected chi connectivity index (χ0v) is 16.8. The number of carbonyl (C=O) groups is 1. The average Bonchev–Trinajstić information content (AvgIpc) is 3.07. The van der Waals surface area contributed by atoms with Gasteiger partial charge in [-0.05, 0) is 43.9 Å². The number of amides is 2. The van der Waals surface area contributed by atoms with Gasteiger partial charge in [-0.25, -0.2) is 9.78 Å². The van der Waals surface area contributed by atoms with Crippen molar-refractivity contribution in [3.8, 4) is 0 Å². The Kier molecular flexibility index (Phi) is 7.20. The van der Waals surface area contributed by atoms with Gasteiger partial charge in [0.2, 0.25) is 0 Å². The van der Waals surface area contributed by atoms with Crippen LogP contribution in [-0.2, 0) is 22.6 Å². The number of hydrogen-bond acceptors (Lipinski definition) is 5. The topological polar surface area (TPSA) is 63.7 Å². The van der Waals surface area contributed by atoms with E-state index in [4.69, 9.17) is 9.47 Å². The van der Waals surface area contributed by atoms with Crippen molar-refractivity contribution < 1.29 is 14.3 Å². The summed E-state index contributed by atoms with van der Waals surface area (Å²) in [5, 5.41) is 3.94. The molecule has 27 heavy (non-hydrogen) atoms. The van der Waals surface area contributed by atoms with Crippen LogP contribution >= 0.6 is 11.3 Å². The molecule has 7 heteroatoms. The summed E-state index contributed by atoms with van der Waals surface area (Å²) in [6, 6.07) is 7.62. The molecule has 1 aliphatic heterocycles. The van der Waals surface area contributed by atoms with Crippen LogP contribution in [0.1, 0.15) is 34.7 Å². The van der Waals surface area contributed by atoms with Gasteiger partial charge in [0.25, 0.3) is 0 Å². The molecule has 1 N–H and O–H groups in total. The lowest BCUT2D eigenvalue weighted by atomic mass is 10.1. The average molecular weight is 390 g/mol. The Morgan fingerprint density at radius 2 is 2.33 bits per heavy atom. The quantitative estimate of drug-likeness (QED) is 0.771. The lowest BCUT2D eigenvalue weighted by Crippen LogP contribution is -2.30. The van der Waals surface area contributed by atoms with Gasteiger partial charge in [-0.3, -0.25) is 0 Å². The second-order valence-corrected chi connectivity index (χ2v) is 8.16. The van der Waals surface area contributed by atoms with E-state index in [9.17, 15) is 4.79 Å². The molecule has 2 aromatic rings. The van der Waals surface area contributed by atoms with E-state index in [0.29, 0.717) is 19.8 Å². The van der Waals surface area contributed by atoms with E-state index >= 15 is 0 Å². The molecular weight excluding hydrogens is 362 g/mol. The Bertz CT molecular complexity index is 744. The summed E-state index contributed by atoms with van der Waals surface area (Å²) in [6.45, 7) is 4.47. The molecule has 1 saturated heterocycles. The molecule has 1 fully saturated rings. The Labute approximate surface area is 164 Å². The first kappa shape index (κ1) is 19.8. The van der Waals surface area contributed by atoms with Crippen LogP contribution in [0.15, 0.2) is 30.5 Å². The highest BCUT2D eigenvalue weighted by Crippen LogP contribution is 2.17. The number of nitrogens with one attached hydrogen (secondary N) is 1. The number of aryl methyl sites for hydroxylation is 1. The minimum Gasteiger partial charge on any atom is -0.376 e. The Hall–Kier alpha value is -1.96. The number of aromatic nitrogens is 1. The second-order valence-electron chi connectivity index (χ2n) is 6.84. The van der Waals surface area contributed by atoms with Gasteiger partial charge < -0.3 is 19.7 Å². The zero-order valence-electron chi connectivity index (χ0n) is 15.9. The van der Waals surface area contributed by atoms with Gasteiger partial charge >= 0.3 is 6.03 Å². The number of ether oxygens (including phenoxy) is 2. The second kappa shape index (κ2) is 9.82. The van der Waals surface area contributed by atoms with Crippen LogP contribution in [0, 0.1) is 6.92 Å². The third kappa shape index (κ3) is 6.30. The van der Waals surface area contributed by atoms with E-state index in [-0.39, 0.29) is 12.1 Å². The van der Waals surface area contributed by atoms with Crippen molar-refractivity contribution in [3.05, 3.63) is 45.9 Å². The Morgan fingerprint density at radius 1 is 1.44 bits per heavy atom. The SMILES string of the molecule is Cc1ncc(CN(C)C(=O)Nc2cccc(COC[C@H]3CCCCO3)c2)s1. The van der Waals surface area contributed by atoms with Crippen LogP contribution in [0.2, 0.25) is 0 Å². The number of thiazole rings is 1. The van der Waals surface area contributed by atoms with Crippen molar-refractivity contribution in [2.24, 2.45) is 0 Å². The lowest BCUT2D eigenvalue weighted by molar-refractivity contribution is -0.0447. The molecule has 0 saturated carbocycles. The number of anilines is 1. The van der Waals surface area contributed by atoms with E-state index in [1.807, 2.05) is 37.4 Å². The third-order valence-corrected chi connectivity index (χ3v) is 5.33. The highest BCUT2D eigenvalue weighted by Gasteiger charge is 2.14. The number of urea groups is 1. The van der Waals surface area contributed by atoms with Crippen molar-refractivity contribution in [2.45, 2.75) is 45.4 Å². The summed E-state index contributed by atoms with van der Waals surface area (Å²) < 4.78 is 11.5. The number of rotatable bonds is 7. The lowest BCUT2D eigenvalue weighted by Gasteiger charge is -2.22. The van der Waals surface area contributed by atoms with Gasteiger partial charge in [0.05, 0.1) is 30.9 Å². The maximum atomic E-state index is 12.4. The first-order valence-electron chi connectivity index (χ1n) is 9.32. The molecule has 0 unspecified atom stereocenters. The number of carbonyl (C=O) groups excluding carboxylic acids is 1. The first-order valence-corrected chi connectivity index (χ1v) is 10.1. The Morgan fingerprint density at radius 3 is 3.07 bits per heavy atom. The van der Waals surface area contributed by atoms with Gasteiger partial charge in [0, 0.05) is 30.4 Å². The predicted octanol–water partition coefficient (Wildman–Crippen LogP) is 4.20. The summed E-state index contributed by atoms with van der Waals surface area (Å²) >= 11 is 1.60. The molecule has 146 valence electrons. The van der Waals surface area contributed by atoms with Crippen LogP contribution < -0.4 is 5.32 Å². The maximum Gasteiger partial charge on any atom is 0.321 e. The summed E-state index contributed by atoms with van der Waals surface area (Å²) in [6.07, 6.45) is 5.46. The fraction of sp³-hybridized carbons (Fsp3) is 0.500. The molecule has 0 bridgehead atoms. The van der Waals surface area contributed by atoms with Gasteiger partial charge in [-0.1, -0.05) is 12.1 Å². The first-order chi connectivity index (χ1) is 13.1. The molecule has 1 aliphatic rings. The van der Waals surface area contributed by atoms with Crippen LogP contribution in [-0.4, -0.2) is 42.3 Å². The van der Waals surface area contributed by atoms with E-state index in [2.05, 4.69) is 10.3 Å². The van der Waals surface area contributed by atoms with Crippen molar-refractivity contribution in [1.82, 2.24) is 9.88 Å². The monoisotopic (exact) mass is 389 g/mol. The minimum atomic E-state index is -0.144. The molecule has 3 rings (SSSR count). The van der Waals surface area contributed by atoms with Gasteiger partial charge in [0.1, 0.15) is 0 Å². The Balaban J connectivity index is 1.46. The molecule has 6 nitrogen and oxygen atoms in total. The van der Waals surface area contributed by atoms with Crippen molar-refractivity contribution in [2.75, 3.05) is 25.6 Å². The molecule has 0 spiro atoms. The van der Waals surface area contributed by atoms with Crippen LogP contribution in [0.25, 0.3) is 0 Å². The molecule has 2 amide bonds. The van der Waals surface area contributed by atoms with E-state index < -0.39 is 0 Å². The van der Waals surface area contributed by atoms with Gasteiger partial charge in [0.15, 0.2) is 0 Å². The van der Waals surface area contributed by atoms with E-state index in [0.717, 1.165) is 40.6 Å². The highest BCUT2D eigenvalue weighted by atomic mass is 32.1. The zero-order chi connectivity index (χ0) is 19.1. The van der Waals surface area contributed by atoms with Gasteiger partial charge in [-0.15, -0.1) is 11.3 Å². The summed E-state index contributed by atoms with van der Waals surface area (Å²) in [5.74, 6) is 0.